The molecule has 0 saturated carbocycles. The van der Waals surface area contributed by atoms with Crippen molar-refractivity contribution in [3.63, 3.8) is 0 Å². The molecule has 1 aromatic heterocycles. The summed E-state index contributed by atoms with van der Waals surface area (Å²) in [5.74, 6) is 0.462. The molecule has 2 aromatic carbocycles. The topological polar surface area (TPSA) is 59.1 Å². The zero-order valence-corrected chi connectivity index (χ0v) is 15.7. The molecule has 0 bridgehead atoms. The summed E-state index contributed by atoms with van der Waals surface area (Å²) in [6, 6.07) is 12.7. The molecule has 0 spiro atoms. The van der Waals surface area contributed by atoms with Crippen molar-refractivity contribution in [2.75, 3.05) is 17.7 Å². The van der Waals surface area contributed by atoms with Gasteiger partial charge < -0.3 is 15.4 Å². The number of anilines is 3. The maximum Gasteiger partial charge on any atom is 0.573 e. The van der Waals surface area contributed by atoms with E-state index in [0.717, 1.165) is 11.3 Å². The lowest BCUT2D eigenvalue weighted by Crippen LogP contribution is -2.17. The minimum absolute atomic E-state index is 0.313. The molecule has 0 aliphatic rings. The van der Waals surface area contributed by atoms with Crippen molar-refractivity contribution >= 4 is 29.1 Å². The normalized spacial score (nSPS) is 11.2. The smallest absolute Gasteiger partial charge is 0.406 e. The number of hydrogen-bond acceptors (Lipinski definition) is 5. The van der Waals surface area contributed by atoms with Crippen LogP contribution >= 0.6 is 11.6 Å². The highest BCUT2D eigenvalue weighted by molar-refractivity contribution is 6.31. The predicted octanol–water partition coefficient (Wildman–Crippen LogP) is 5.79. The van der Waals surface area contributed by atoms with E-state index < -0.39 is 6.36 Å². The highest BCUT2D eigenvalue weighted by Gasteiger charge is 2.31. The van der Waals surface area contributed by atoms with Gasteiger partial charge in [-0.05, 0) is 42.8 Å². The quantitative estimate of drug-likeness (QED) is 0.559. The van der Waals surface area contributed by atoms with Crippen molar-refractivity contribution in [1.82, 2.24) is 9.97 Å². The highest BCUT2D eigenvalue weighted by Crippen LogP contribution is 2.29. The van der Waals surface area contributed by atoms with Crippen LogP contribution < -0.4 is 15.4 Å². The van der Waals surface area contributed by atoms with Crippen LogP contribution in [0.15, 0.2) is 48.5 Å². The summed E-state index contributed by atoms with van der Waals surface area (Å²) in [7, 11) is 1.65. The lowest BCUT2D eigenvalue weighted by molar-refractivity contribution is -0.274. The molecule has 0 aliphatic carbocycles. The fraction of sp³-hybridized carbons (Fsp3) is 0.158. The van der Waals surface area contributed by atoms with E-state index in [1.54, 1.807) is 31.3 Å². The molecule has 0 saturated heterocycles. The first-order chi connectivity index (χ1) is 13.2. The summed E-state index contributed by atoms with van der Waals surface area (Å²) in [6.07, 6.45) is -4.76. The van der Waals surface area contributed by atoms with E-state index in [1.165, 1.54) is 18.2 Å². The molecule has 9 heteroatoms. The van der Waals surface area contributed by atoms with Crippen LogP contribution in [-0.2, 0) is 0 Å². The van der Waals surface area contributed by atoms with Crippen LogP contribution in [0.4, 0.5) is 30.6 Å². The summed E-state index contributed by atoms with van der Waals surface area (Å²) < 4.78 is 41.4. The summed E-state index contributed by atoms with van der Waals surface area (Å²) in [5.41, 5.74) is 2.55. The summed E-state index contributed by atoms with van der Waals surface area (Å²) in [6.45, 7) is 1.88. The number of nitrogens with zero attached hydrogens (tertiary/aromatic N) is 2. The zero-order valence-electron chi connectivity index (χ0n) is 14.9. The predicted molar refractivity (Wildman–Crippen MR) is 103 cm³/mol. The van der Waals surface area contributed by atoms with Gasteiger partial charge in [0.2, 0.25) is 5.95 Å². The molecule has 1 heterocycles. The van der Waals surface area contributed by atoms with E-state index in [0.29, 0.717) is 28.0 Å². The summed E-state index contributed by atoms with van der Waals surface area (Å²) in [5, 5.41) is 6.64. The van der Waals surface area contributed by atoms with Crippen molar-refractivity contribution in [3.8, 4) is 17.0 Å². The van der Waals surface area contributed by atoms with Gasteiger partial charge in [0.25, 0.3) is 0 Å². The van der Waals surface area contributed by atoms with Gasteiger partial charge in [-0.1, -0.05) is 23.7 Å². The molecule has 2 N–H and O–H groups in total. The lowest BCUT2D eigenvalue weighted by Gasteiger charge is -2.12. The van der Waals surface area contributed by atoms with Crippen molar-refractivity contribution in [3.05, 3.63) is 59.1 Å². The highest BCUT2D eigenvalue weighted by atomic mass is 35.5. The molecule has 3 rings (SSSR count). The van der Waals surface area contributed by atoms with Crippen LogP contribution in [0.25, 0.3) is 11.3 Å². The van der Waals surface area contributed by atoms with Crippen LogP contribution in [0.2, 0.25) is 5.02 Å². The van der Waals surface area contributed by atoms with Crippen LogP contribution in [-0.4, -0.2) is 23.4 Å². The maximum atomic E-state index is 12.5. The van der Waals surface area contributed by atoms with E-state index in [4.69, 9.17) is 11.6 Å². The van der Waals surface area contributed by atoms with Gasteiger partial charge in [0, 0.05) is 29.4 Å². The lowest BCUT2D eigenvalue weighted by atomic mass is 10.1. The van der Waals surface area contributed by atoms with E-state index in [1.807, 2.05) is 13.0 Å². The molecule has 28 heavy (non-hydrogen) atoms. The van der Waals surface area contributed by atoms with E-state index in [-0.39, 0.29) is 5.75 Å². The molecular formula is C19H16ClF3N4O. The van der Waals surface area contributed by atoms with Gasteiger partial charge in [0.05, 0.1) is 5.69 Å². The standard InChI is InChI=1S/C19H16ClF3N4O/c1-11-8-13(6-7-15(11)20)25-17-10-16(26-18(24-2)27-17)12-4-3-5-14(9-12)28-19(21,22)23/h3-10H,1-2H3,(H2,24,25,26,27). The molecule has 0 radical (unpaired) electrons. The van der Waals surface area contributed by atoms with Crippen molar-refractivity contribution in [1.29, 1.82) is 0 Å². The van der Waals surface area contributed by atoms with E-state index >= 15 is 0 Å². The molecule has 0 unspecified atom stereocenters. The fourth-order valence-electron chi connectivity index (χ4n) is 2.49. The number of halogens is 4. The summed E-state index contributed by atoms with van der Waals surface area (Å²) in [4.78, 5) is 8.64. The van der Waals surface area contributed by atoms with Gasteiger partial charge in [-0.15, -0.1) is 13.2 Å². The third-order valence-electron chi connectivity index (χ3n) is 3.74. The van der Waals surface area contributed by atoms with Gasteiger partial charge >= 0.3 is 6.36 Å². The Morgan fingerprint density at radius 1 is 1.04 bits per heavy atom. The SMILES string of the molecule is CNc1nc(Nc2ccc(Cl)c(C)c2)cc(-c2cccc(OC(F)(F)F)c2)n1. The number of nitrogens with one attached hydrogen (secondary N) is 2. The minimum Gasteiger partial charge on any atom is -0.406 e. The number of hydrogen-bond donors (Lipinski definition) is 2. The third kappa shape index (κ3) is 5.04. The Bertz CT molecular complexity index is 995. The van der Waals surface area contributed by atoms with Gasteiger partial charge in [-0.25, -0.2) is 4.98 Å². The van der Waals surface area contributed by atoms with Gasteiger partial charge in [0.15, 0.2) is 0 Å². The first-order valence-corrected chi connectivity index (χ1v) is 8.57. The maximum absolute atomic E-state index is 12.5. The first kappa shape index (κ1) is 19.8. The Hall–Kier alpha value is -3.00. The summed E-state index contributed by atoms with van der Waals surface area (Å²) >= 11 is 6.04. The molecule has 0 fully saturated rings. The second-order valence-electron chi connectivity index (χ2n) is 5.88. The van der Waals surface area contributed by atoms with Crippen molar-refractivity contribution in [2.45, 2.75) is 13.3 Å². The van der Waals surface area contributed by atoms with Crippen LogP contribution in [0, 0.1) is 6.92 Å². The van der Waals surface area contributed by atoms with Gasteiger partial charge in [0.1, 0.15) is 11.6 Å². The van der Waals surface area contributed by atoms with Crippen molar-refractivity contribution < 1.29 is 17.9 Å². The Balaban J connectivity index is 1.95. The third-order valence-corrected chi connectivity index (χ3v) is 4.17. The van der Waals surface area contributed by atoms with Crippen LogP contribution in [0.3, 0.4) is 0 Å². The van der Waals surface area contributed by atoms with E-state index in [2.05, 4.69) is 25.3 Å². The number of rotatable bonds is 5. The van der Waals surface area contributed by atoms with Crippen LogP contribution in [0.5, 0.6) is 5.75 Å². The molecule has 0 atom stereocenters. The number of aromatic nitrogens is 2. The average Bonchev–Trinajstić information content (AvgIpc) is 2.63. The second-order valence-corrected chi connectivity index (χ2v) is 6.28. The molecule has 0 amide bonds. The Morgan fingerprint density at radius 3 is 2.50 bits per heavy atom. The molecule has 0 aliphatic heterocycles. The number of aryl methyl sites for hydroxylation is 1. The molecule has 3 aromatic rings. The Morgan fingerprint density at radius 2 is 1.82 bits per heavy atom. The minimum atomic E-state index is -4.76. The Kier molecular flexibility index (Phi) is 5.60. The fourth-order valence-corrected chi connectivity index (χ4v) is 2.61. The molecular weight excluding hydrogens is 393 g/mol. The van der Waals surface area contributed by atoms with Crippen LogP contribution in [0.1, 0.15) is 5.56 Å². The monoisotopic (exact) mass is 408 g/mol. The molecule has 146 valence electrons. The van der Waals surface area contributed by atoms with Crippen molar-refractivity contribution in [2.24, 2.45) is 0 Å². The Labute approximate surface area is 164 Å². The second kappa shape index (κ2) is 7.93. The zero-order chi connectivity index (χ0) is 20.3. The largest absolute Gasteiger partial charge is 0.573 e. The number of alkyl halides is 3. The average molecular weight is 409 g/mol. The number of benzene rings is 2. The molecule has 5 nitrogen and oxygen atoms in total. The van der Waals surface area contributed by atoms with E-state index in [9.17, 15) is 13.2 Å². The number of ether oxygens (including phenoxy) is 1. The van der Waals surface area contributed by atoms with Gasteiger partial charge in [-0.3, -0.25) is 0 Å². The first-order valence-electron chi connectivity index (χ1n) is 8.20. The van der Waals surface area contributed by atoms with Gasteiger partial charge in [-0.2, -0.15) is 4.98 Å².